The molecule has 4 nitrogen and oxygen atoms in total. The van der Waals surface area contributed by atoms with Crippen molar-refractivity contribution in [2.45, 2.75) is 32.4 Å². The lowest BCUT2D eigenvalue weighted by Crippen LogP contribution is -2.40. The molecule has 2 fully saturated rings. The van der Waals surface area contributed by atoms with E-state index in [-0.39, 0.29) is 5.91 Å². The molecule has 5 heteroatoms. The molecular formula is C14H20BrN3O. The number of aromatic nitrogens is 1. The number of nitrogens with zero attached hydrogens (tertiary/aromatic N) is 2. The predicted molar refractivity (Wildman–Crippen MR) is 78.3 cm³/mol. The van der Waals surface area contributed by atoms with Gasteiger partial charge in [-0.15, -0.1) is 0 Å². The predicted octanol–water partition coefficient (Wildman–Crippen LogP) is 2.27. The van der Waals surface area contributed by atoms with Gasteiger partial charge in [0.05, 0.1) is 0 Å². The normalized spacial score (nSPS) is 26.2. The average Bonchev–Trinajstić information content (AvgIpc) is 3.00. The Labute approximate surface area is 122 Å². The van der Waals surface area contributed by atoms with Crippen LogP contribution in [0, 0.1) is 5.92 Å². The second-order valence-electron chi connectivity index (χ2n) is 5.82. The fourth-order valence-electron chi connectivity index (χ4n) is 3.29. The monoisotopic (exact) mass is 325 g/mol. The van der Waals surface area contributed by atoms with Gasteiger partial charge >= 0.3 is 0 Å². The lowest BCUT2D eigenvalue weighted by atomic mass is 10.1. The van der Waals surface area contributed by atoms with Crippen molar-refractivity contribution in [1.82, 2.24) is 14.8 Å². The minimum absolute atomic E-state index is 0.176. The van der Waals surface area contributed by atoms with E-state index in [0.29, 0.717) is 18.0 Å². The summed E-state index contributed by atoms with van der Waals surface area (Å²) < 4.78 is 3.03. The maximum Gasteiger partial charge on any atom is 0.270 e. The van der Waals surface area contributed by atoms with Gasteiger partial charge in [-0.2, -0.15) is 0 Å². The number of halogens is 1. The molecule has 2 aliphatic rings. The summed E-state index contributed by atoms with van der Waals surface area (Å²) >= 11 is 3.48. The molecule has 0 aliphatic carbocycles. The molecule has 2 atom stereocenters. The Hall–Kier alpha value is -0.810. The number of carbonyl (C=O) groups is 1. The van der Waals surface area contributed by atoms with Crippen LogP contribution in [0.3, 0.4) is 0 Å². The molecule has 104 valence electrons. The van der Waals surface area contributed by atoms with E-state index in [4.69, 9.17) is 0 Å². The maximum atomic E-state index is 12.8. The highest BCUT2D eigenvalue weighted by molar-refractivity contribution is 9.10. The molecule has 19 heavy (non-hydrogen) atoms. The Bertz CT molecular complexity index is 497. The number of fused-ring (bicyclic) bond motifs is 1. The number of hydrogen-bond donors (Lipinski definition) is 1. The molecule has 0 unspecified atom stereocenters. The largest absolute Gasteiger partial charge is 0.340 e. The molecule has 1 aromatic rings. The minimum atomic E-state index is 0.176. The maximum absolute atomic E-state index is 12.8. The molecule has 2 saturated heterocycles. The van der Waals surface area contributed by atoms with E-state index in [9.17, 15) is 4.79 Å². The Morgan fingerprint density at radius 1 is 1.47 bits per heavy atom. The molecule has 0 spiro atoms. The summed E-state index contributed by atoms with van der Waals surface area (Å²) in [4.78, 5) is 14.8. The molecule has 0 saturated carbocycles. The molecule has 1 amide bonds. The zero-order chi connectivity index (χ0) is 13.6. The number of nitrogens with one attached hydrogen (secondary N) is 1. The Kier molecular flexibility index (Phi) is 3.43. The third-order valence-electron chi connectivity index (χ3n) is 4.30. The van der Waals surface area contributed by atoms with Crippen molar-refractivity contribution in [3.05, 3.63) is 22.4 Å². The molecule has 1 aromatic heterocycles. The number of hydrogen-bond acceptors (Lipinski definition) is 2. The van der Waals surface area contributed by atoms with Gasteiger partial charge in [-0.05, 0) is 48.2 Å². The second-order valence-corrected chi connectivity index (χ2v) is 6.73. The van der Waals surface area contributed by atoms with Crippen LogP contribution >= 0.6 is 15.9 Å². The van der Waals surface area contributed by atoms with Gasteiger partial charge in [-0.1, -0.05) is 0 Å². The molecule has 3 heterocycles. The van der Waals surface area contributed by atoms with Crippen molar-refractivity contribution in [3.8, 4) is 0 Å². The zero-order valence-electron chi connectivity index (χ0n) is 11.4. The van der Waals surface area contributed by atoms with Crippen LogP contribution in [-0.4, -0.2) is 41.1 Å². The Balaban J connectivity index is 1.88. The summed E-state index contributed by atoms with van der Waals surface area (Å²) in [5, 5.41) is 3.39. The highest BCUT2D eigenvalue weighted by Gasteiger charge is 2.40. The highest BCUT2D eigenvalue weighted by Crippen LogP contribution is 2.30. The topological polar surface area (TPSA) is 37.3 Å². The molecule has 0 radical (unpaired) electrons. The molecule has 1 N–H and O–H groups in total. The SMILES string of the molecule is CC(C)n1cc(Br)cc1C(=O)N1CC[C@H]2CNC[C@H]21. The molecule has 2 aliphatic heterocycles. The first kappa shape index (κ1) is 13.2. The van der Waals surface area contributed by atoms with Crippen molar-refractivity contribution in [2.24, 2.45) is 5.92 Å². The smallest absolute Gasteiger partial charge is 0.270 e. The van der Waals surface area contributed by atoms with E-state index in [1.165, 1.54) is 0 Å². The van der Waals surface area contributed by atoms with E-state index in [0.717, 1.165) is 36.2 Å². The van der Waals surface area contributed by atoms with E-state index < -0.39 is 0 Å². The fraction of sp³-hybridized carbons (Fsp3) is 0.643. The van der Waals surface area contributed by atoms with Crippen LogP contribution in [0.15, 0.2) is 16.7 Å². The van der Waals surface area contributed by atoms with E-state index in [1.54, 1.807) is 0 Å². The molecular weight excluding hydrogens is 306 g/mol. The van der Waals surface area contributed by atoms with Gasteiger partial charge in [0.2, 0.25) is 0 Å². The van der Waals surface area contributed by atoms with Crippen molar-refractivity contribution < 1.29 is 4.79 Å². The lowest BCUT2D eigenvalue weighted by Gasteiger charge is -2.24. The van der Waals surface area contributed by atoms with Crippen molar-refractivity contribution >= 4 is 21.8 Å². The first-order valence-electron chi connectivity index (χ1n) is 6.97. The van der Waals surface area contributed by atoms with Gasteiger partial charge in [-0.25, -0.2) is 0 Å². The van der Waals surface area contributed by atoms with E-state index in [1.807, 2.05) is 12.3 Å². The first-order valence-corrected chi connectivity index (χ1v) is 7.76. The van der Waals surface area contributed by atoms with Crippen molar-refractivity contribution in [2.75, 3.05) is 19.6 Å². The molecule has 3 rings (SSSR count). The van der Waals surface area contributed by atoms with Crippen LogP contribution in [0.25, 0.3) is 0 Å². The van der Waals surface area contributed by atoms with Crippen molar-refractivity contribution in [1.29, 1.82) is 0 Å². The van der Waals surface area contributed by atoms with Gasteiger partial charge in [0.1, 0.15) is 5.69 Å². The summed E-state index contributed by atoms with van der Waals surface area (Å²) in [6.07, 6.45) is 3.13. The van der Waals surface area contributed by atoms with E-state index in [2.05, 4.69) is 44.6 Å². The number of carbonyl (C=O) groups excluding carboxylic acids is 1. The van der Waals surface area contributed by atoms with Crippen LogP contribution in [0.5, 0.6) is 0 Å². The van der Waals surface area contributed by atoms with Gasteiger partial charge in [0.15, 0.2) is 0 Å². The molecule has 0 bridgehead atoms. The summed E-state index contributed by atoms with van der Waals surface area (Å²) in [5.41, 5.74) is 0.800. The van der Waals surface area contributed by atoms with Crippen LogP contribution in [-0.2, 0) is 0 Å². The summed E-state index contributed by atoms with van der Waals surface area (Å²) in [7, 11) is 0. The van der Waals surface area contributed by atoms with Crippen LogP contribution in [0.1, 0.15) is 36.8 Å². The van der Waals surface area contributed by atoms with Gasteiger partial charge in [0.25, 0.3) is 5.91 Å². The first-order chi connectivity index (χ1) is 9.08. The zero-order valence-corrected chi connectivity index (χ0v) is 13.0. The van der Waals surface area contributed by atoms with Crippen LogP contribution in [0.2, 0.25) is 0 Å². The summed E-state index contributed by atoms with van der Waals surface area (Å²) in [6, 6.07) is 2.63. The van der Waals surface area contributed by atoms with Gasteiger partial charge < -0.3 is 14.8 Å². The fourth-order valence-corrected chi connectivity index (χ4v) is 3.73. The summed E-state index contributed by atoms with van der Waals surface area (Å²) in [5.74, 6) is 0.824. The second kappa shape index (κ2) is 4.94. The molecule has 0 aromatic carbocycles. The van der Waals surface area contributed by atoms with Crippen LogP contribution in [0.4, 0.5) is 0 Å². The average molecular weight is 326 g/mol. The number of amides is 1. The summed E-state index contributed by atoms with van der Waals surface area (Å²) in [6.45, 7) is 7.11. The Morgan fingerprint density at radius 3 is 3.00 bits per heavy atom. The lowest BCUT2D eigenvalue weighted by molar-refractivity contribution is 0.0724. The third kappa shape index (κ3) is 2.23. The van der Waals surface area contributed by atoms with E-state index >= 15 is 0 Å². The van der Waals surface area contributed by atoms with Crippen LogP contribution < -0.4 is 5.32 Å². The number of likely N-dealkylation sites (tertiary alicyclic amines) is 1. The van der Waals surface area contributed by atoms with Crippen molar-refractivity contribution in [3.63, 3.8) is 0 Å². The van der Waals surface area contributed by atoms with Gasteiger partial charge in [0, 0.05) is 42.4 Å². The third-order valence-corrected chi connectivity index (χ3v) is 4.73. The Morgan fingerprint density at radius 2 is 2.26 bits per heavy atom. The standard InChI is InChI=1S/C14H20BrN3O/c1-9(2)18-8-11(15)5-12(18)14(19)17-4-3-10-6-16-7-13(10)17/h5,8-10,13,16H,3-4,6-7H2,1-2H3/t10-,13+/m0/s1. The quantitative estimate of drug-likeness (QED) is 0.905. The minimum Gasteiger partial charge on any atom is -0.340 e. The number of rotatable bonds is 2. The highest BCUT2D eigenvalue weighted by atomic mass is 79.9. The van der Waals surface area contributed by atoms with Gasteiger partial charge in [-0.3, -0.25) is 4.79 Å².